The van der Waals surface area contributed by atoms with Crippen molar-refractivity contribution in [1.82, 2.24) is 14.5 Å². The lowest BCUT2D eigenvalue weighted by Gasteiger charge is -2.22. The zero-order valence-electron chi connectivity index (χ0n) is 11.0. The molecule has 3 N–H and O–H groups in total. The van der Waals surface area contributed by atoms with Crippen molar-refractivity contribution in [3.8, 4) is 0 Å². The Bertz CT molecular complexity index is 581. The second kappa shape index (κ2) is 4.49. The summed E-state index contributed by atoms with van der Waals surface area (Å²) in [6.45, 7) is 2.50. The second-order valence-corrected chi connectivity index (χ2v) is 7.32. The number of nitrogen functional groups attached to an aromatic ring is 1. The first kappa shape index (κ1) is 12.9. The van der Waals surface area contributed by atoms with Gasteiger partial charge in [0.05, 0.1) is 0 Å². The molecule has 3 atom stereocenters. The third-order valence-corrected chi connectivity index (χ3v) is 5.92. The summed E-state index contributed by atoms with van der Waals surface area (Å²) in [5, 5.41) is 3.99. The molecule has 19 heavy (non-hydrogen) atoms. The molecule has 3 rings (SSSR count). The number of sulfonamides is 1. The first-order valence-corrected chi connectivity index (χ1v) is 8.33. The molecule has 2 fully saturated rings. The normalized spacial score (nSPS) is 30.1. The summed E-state index contributed by atoms with van der Waals surface area (Å²) in [5.41, 5.74) is 5.70. The van der Waals surface area contributed by atoms with Gasteiger partial charge in [-0.05, 0) is 38.0 Å². The average molecular weight is 284 g/mol. The number of hydrogen-bond donors (Lipinski definition) is 2. The van der Waals surface area contributed by atoms with Crippen molar-refractivity contribution in [3.63, 3.8) is 0 Å². The van der Waals surface area contributed by atoms with Gasteiger partial charge in [0.2, 0.25) is 10.0 Å². The van der Waals surface area contributed by atoms with E-state index < -0.39 is 10.0 Å². The zero-order chi connectivity index (χ0) is 13.6. The van der Waals surface area contributed by atoms with E-state index in [1.165, 1.54) is 12.6 Å². The molecule has 2 aliphatic rings. The van der Waals surface area contributed by atoms with Crippen LogP contribution in [-0.4, -0.2) is 24.2 Å². The zero-order valence-corrected chi connectivity index (χ0v) is 11.9. The maximum Gasteiger partial charge on any atom is 0.246 e. The van der Waals surface area contributed by atoms with Crippen LogP contribution in [0, 0.1) is 11.8 Å². The van der Waals surface area contributed by atoms with Crippen molar-refractivity contribution in [2.45, 2.75) is 50.1 Å². The lowest BCUT2D eigenvalue weighted by atomic mass is 9.96. The van der Waals surface area contributed by atoms with Crippen LogP contribution in [0.1, 0.15) is 32.6 Å². The molecule has 2 bridgehead atoms. The number of aryl methyl sites for hydroxylation is 1. The maximum absolute atomic E-state index is 12.4. The largest absolute Gasteiger partial charge is 0.381 e. The Morgan fingerprint density at radius 3 is 2.79 bits per heavy atom. The Morgan fingerprint density at radius 2 is 2.26 bits per heavy atom. The number of nitrogens with zero attached hydrogens (tertiary/aromatic N) is 2. The van der Waals surface area contributed by atoms with Crippen molar-refractivity contribution in [2.75, 3.05) is 5.73 Å². The molecule has 2 saturated carbocycles. The predicted molar refractivity (Wildman–Crippen MR) is 71.9 cm³/mol. The maximum atomic E-state index is 12.4. The third-order valence-electron chi connectivity index (χ3n) is 4.41. The van der Waals surface area contributed by atoms with E-state index in [9.17, 15) is 8.42 Å². The Hall–Kier alpha value is -1.08. The quantitative estimate of drug-likeness (QED) is 0.861. The van der Waals surface area contributed by atoms with Gasteiger partial charge >= 0.3 is 0 Å². The minimum absolute atomic E-state index is 0.0770. The molecular formula is C12H20N4O2S. The summed E-state index contributed by atoms with van der Waals surface area (Å²) in [5.74, 6) is 1.29. The Morgan fingerprint density at radius 1 is 1.47 bits per heavy atom. The van der Waals surface area contributed by atoms with E-state index in [2.05, 4.69) is 9.82 Å². The van der Waals surface area contributed by atoms with Crippen molar-refractivity contribution in [3.05, 3.63) is 6.20 Å². The van der Waals surface area contributed by atoms with E-state index in [1.807, 2.05) is 6.92 Å². The van der Waals surface area contributed by atoms with Gasteiger partial charge < -0.3 is 5.73 Å². The van der Waals surface area contributed by atoms with Crippen LogP contribution in [0.2, 0.25) is 0 Å². The number of nitrogens with one attached hydrogen (secondary N) is 1. The highest BCUT2D eigenvalue weighted by Gasteiger charge is 2.41. The van der Waals surface area contributed by atoms with Crippen molar-refractivity contribution < 1.29 is 8.42 Å². The fraction of sp³-hybridized carbons (Fsp3) is 0.750. The van der Waals surface area contributed by atoms with Gasteiger partial charge in [-0.3, -0.25) is 4.68 Å². The van der Waals surface area contributed by atoms with Crippen molar-refractivity contribution >= 4 is 15.8 Å². The first-order valence-electron chi connectivity index (χ1n) is 6.85. The number of aromatic nitrogens is 2. The van der Waals surface area contributed by atoms with Gasteiger partial charge in [-0.1, -0.05) is 6.42 Å². The number of hydrogen-bond acceptors (Lipinski definition) is 4. The van der Waals surface area contributed by atoms with Crippen LogP contribution in [0.25, 0.3) is 0 Å². The fourth-order valence-electron chi connectivity index (χ4n) is 3.44. The minimum Gasteiger partial charge on any atom is -0.381 e. The third kappa shape index (κ3) is 2.25. The van der Waals surface area contributed by atoms with E-state index in [-0.39, 0.29) is 16.8 Å². The molecule has 106 valence electrons. The van der Waals surface area contributed by atoms with Gasteiger partial charge in [-0.25, -0.2) is 13.1 Å². The Balaban J connectivity index is 1.80. The summed E-state index contributed by atoms with van der Waals surface area (Å²) in [6, 6.07) is 0.0770. The topological polar surface area (TPSA) is 90.0 Å². The molecule has 1 heterocycles. The summed E-state index contributed by atoms with van der Waals surface area (Å²) in [4.78, 5) is 0.108. The van der Waals surface area contributed by atoms with E-state index in [4.69, 9.17) is 5.73 Å². The molecule has 6 nitrogen and oxygen atoms in total. The number of rotatable bonds is 4. The molecule has 0 aliphatic heterocycles. The van der Waals surface area contributed by atoms with Gasteiger partial charge in [0.25, 0.3) is 0 Å². The van der Waals surface area contributed by atoms with E-state index >= 15 is 0 Å². The summed E-state index contributed by atoms with van der Waals surface area (Å²) >= 11 is 0. The molecule has 1 aromatic heterocycles. The molecular weight excluding hydrogens is 264 g/mol. The molecule has 2 aliphatic carbocycles. The SMILES string of the molecule is CCn1cc(S(=O)(=O)NC2CC3CCC2C3)c(N)n1. The van der Waals surface area contributed by atoms with Crippen molar-refractivity contribution in [1.29, 1.82) is 0 Å². The minimum atomic E-state index is -3.54. The highest BCUT2D eigenvalue weighted by atomic mass is 32.2. The van der Waals surface area contributed by atoms with Crippen LogP contribution in [0.4, 0.5) is 5.82 Å². The first-order chi connectivity index (χ1) is 8.99. The number of fused-ring (bicyclic) bond motifs is 2. The molecule has 0 aromatic carbocycles. The smallest absolute Gasteiger partial charge is 0.246 e. The van der Waals surface area contributed by atoms with Crippen LogP contribution in [0.15, 0.2) is 11.1 Å². The molecule has 0 saturated heterocycles. The van der Waals surface area contributed by atoms with Gasteiger partial charge in [-0.2, -0.15) is 5.10 Å². The molecule has 0 radical (unpaired) electrons. The standard InChI is InChI=1S/C12H20N4O2S/c1-2-16-7-11(12(13)14-16)19(17,18)15-10-6-8-3-4-9(10)5-8/h7-10,15H,2-6H2,1H3,(H2,13,14). The Kier molecular flexibility index (Phi) is 3.05. The molecule has 7 heteroatoms. The van der Waals surface area contributed by atoms with E-state index in [1.54, 1.807) is 4.68 Å². The van der Waals surface area contributed by atoms with Crippen LogP contribution < -0.4 is 10.5 Å². The molecule has 0 amide bonds. The fourth-order valence-corrected chi connectivity index (χ4v) is 4.83. The summed E-state index contributed by atoms with van der Waals surface area (Å²) in [7, 11) is -3.54. The molecule has 0 spiro atoms. The highest BCUT2D eigenvalue weighted by molar-refractivity contribution is 7.89. The van der Waals surface area contributed by atoms with Crippen LogP contribution in [0.5, 0.6) is 0 Å². The monoisotopic (exact) mass is 284 g/mol. The van der Waals surface area contributed by atoms with Crippen LogP contribution in [-0.2, 0) is 16.6 Å². The predicted octanol–water partition coefficient (Wildman–Crippen LogP) is 0.952. The molecule has 1 aromatic rings. The van der Waals surface area contributed by atoms with Crippen LogP contribution >= 0.6 is 0 Å². The average Bonchev–Trinajstić information content (AvgIpc) is 3.02. The lowest BCUT2D eigenvalue weighted by molar-refractivity contribution is 0.390. The summed E-state index contributed by atoms with van der Waals surface area (Å²) in [6.07, 6.45) is 6.02. The molecule has 3 unspecified atom stereocenters. The van der Waals surface area contributed by atoms with Crippen molar-refractivity contribution in [2.24, 2.45) is 11.8 Å². The number of anilines is 1. The van der Waals surface area contributed by atoms with E-state index in [0.29, 0.717) is 18.4 Å². The van der Waals surface area contributed by atoms with Gasteiger partial charge in [-0.15, -0.1) is 0 Å². The number of nitrogens with two attached hydrogens (primary N) is 1. The van der Waals surface area contributed by atoms with E-state index in [0.717, 1.165) is 19.3 Å². The van der Waals surface area contributed by atoms with Gasteiger partial charge in [0.1, 0.15) is 4.90 Å². The highest BCUT2D eigenvalue weighted by Crippen LogP contribution is 2.44. The van der Waals surface area contributed by atoms with Gasteiger partial charge in [0, 0.05) is 18.8 Å². The second-order valence-electron chi connectivity index (χ2n) is 5.64. The summed E-state index contributed by atoms with van der Waals surface area (Å²) < 4.78 is 29.1. The van der Waals surface area contributed by atoms with Crippen LogP contribution in [0.3, 0.4) is 0 Å². The van der Waals surface area contributed by atoms with Gasteiger partial charge in [0.15, 0.2) is 5.82 Å². The lowest BCUT2D eigenvalue weighted by Crippen LogP contribution is -2.38. The Labute approximate surface area is 113 Å².